The van der Waals surface area contributed by atoms with Gasteiger partial charge in [0.1, 0.15) is 5.69 Å². The SMILES string of the molecule is Cn1ccc(C(=O)C2CSCCS2)n1. The van der Waals surface area contributed by atoms with Gasteiger partial charge in [-0.25, -0.2) is 0 Å². The van der Waals surface area contributed by atoms with Gasteiger partial charge < -0.3 is 0 Å². The summed E-state index contributed by atoms with van der Waals surface area (Å²) >= 11 is 3.61. The van der Waals surface area contributed by atoms with E-state index in [2.05, 4.69) is 5.10 Å². The number of Topliss-reactive ketones (excluding diaryl/α,β-unsaturated/α-hetero) is 1. The van der Waals surface area contributed by atoms with Gasteiger partial charge in [-0.05, 0) is 6.07 Å². The van der Waals surface area contributed by atoms with Crippen molar-refractivity contribution in [3.8, 4) is 0 Å². The molecule has 0 amide bonds. The topological polar surface area (TPSA) is 34.9 Å². The van der Waals surface area contributed by atoms with E-state index in [1.165, 1.54) is 0 Å². The quantitative estimate of drug-likeness (QED) is 0.718. The number of nitrogens with zero attached hydrogens (tertiary/aromatic N) is 2. The van der Waals surface area contributed by atoms with E-state index in [-0.39, 0.29) is 11.0 Å². The first kappa shape index (κ1) is 10.1. The van der Waals surface area contributed by atoms with Gasteiger partial charge >= 0.3 is 0 Å². The minimum Gasteiger partial charge on any atom is -0.291 e. The summed E-state index contributed by atoms with van der Waals surface area (Å²) in [5.41, 5.74) is 0.604. The molecule has 0 radical (unpaired) electrons. The lowest BCUT2D eigenvalue weighted by Crippen LogP contribution is -2.24. The molecular formula is C9H12N2OS2. The Labute approximate surface area is 91.6 Å². The number of aromatic nitrogens is 2. The largest absolute Gasteiger partial charge is 0.291 e. The molecule has 0 spiro atoms. The number of carbonyl (C=O) groups is 1. The molecule has 14 heavy (non-hydrogen) atoms. The standard InChI is InChI=1S/C9H12N2OS2/c1-11-3-2-7(10-11)9(12)8-6-13-4-5-14-8/h2-3,8H,4-6H2,1H3. The number of carbonyl (C=O) groups excluding carboxylic acids is 1. The molecule has 5 heteroatoms. The minimum atomic E-state index is 0.114. The average Bonchev–Trinajstić information content (AvgIpc) is 2.65. The van der Waals surface area contributed by atoms with E-state index in [1.807, 2.05) is 25.0 Å². The molecule has 1 aromatic rings. The summed E-state index contributed by atoms with van der Waals surface area (Å²) in [6.45, 7) is 0. The second-order valence-corrected chi connectivity index (χ2v) is 5.63. The summed E-state index contributed by atoms with van der Waals surface area (Å²) in [4.78, 5) is 11.9. The van der Waals surface area contributed by atoms with Crippen LogP contribution in [-0.4, -0.2) is 38.1 Å². The normalized spacial score (nSPS) is 22.2. The lowest BCUT2D eigenvalue weighted by Gasteiger charge is -2.18. The van der Waals surface area contributed by atoms with Crippen LogP contribution in [0.15, 0.2) is 12.3 Å². The van der Waals surface area contributed by atoms with Crippen LogP contribution in [0.2, 0.25) is 0 Å². The Balaban J connectivity index is 2.07. The summed E-state index contributed by atoms with van der Waals surface area (Å²) in [5.74, 6) is 3.35. The molecule has 1 aliphatic rings. The van der Waals surface area contributed by atoms with Crippen molar-refractivity contribution in [3.05, 3.63) is 18.0 Å². The summed E-state index contributed by atoms with van der Waals surface area (Å²) in [6, 6.07) is 1.79. The Kier molecular flexibility index (Phi) is 3.18. The fourth-order valence-electron chi connectivity index (χ4n) is 1.35. The van der Waals surface area contributed by atoms with Gasteiger partial charge in [0, 0.05) is 30.5 Å². The first-order chi connectivity index (χ1) is 6.77. The molecule has 0 bridgehead atoms. The Morgan fingerprint density at radius 2 is 2.50 bits per heavy atom. The van der Waals surface area contributed by atoms with Gasteiger partial charge in [-0.3, -0.25) is 9.48 Å². The van der Waals surface area contributed by atoms with Crippen molar-refractivity contribution >= 4 is 29.3 Å². The number of thioether (sulfide) groups is 2. The van der Waals surface area contributed by atoms with E-state index in [0.717, 1.165) is 17.3 Å². The third kappa shape index (κ3) is 2.15. The van der Waals surface area contributed by atoms with Crippen molar-refractivity contribution in [2.75, 3.05) is 17.3 Å². The van der Waals surface area contributed by atoms with Gasteiger partial charge in [-0.2, -0.15) is 16.9 Å². The maximum Gasteiger partial charge on any atom is 0.196 e. The lowest BCUT2D eigenvalue weighted by atomic mass is 10.2. The summed E-state index contributed by atoms with van der Waals surface area (Å²) < 4.78 is 1.67. The third-order valence-electron chi connectivity index (χ3n) is 2.07. The van der Waals surface area contributed by atoms with Gasteiger partial charge in [0.05, 0.1) is 5.25 Å². The molecule has 1 atom stereocenters. The van der Waals surface area contributed by atoms with E-state index < -0.39 is 0 Å². The molecule has 2 rings (SSSR count). The Morgan fingerprint density at radius 1 is 1.64 bits per heavy atom. The van der Waals surface area contributed by atoms with Crippen LogP contribution in [0, 0.1) is 0 Å². The molecule has 1 aromatic heterocycles. The van der Waals surface area contributed by atoms with Crippen LogP contribution in [0.5, 0.6) is 0 Å². The van der Waals surface area contributed by atoms with E-state index in [4.69, 9.17) is 0 Å². The highest BCUT2D eigenvalue weighted by atomic mass is 32.2. The van der Waals surface area contributed by atoms with Crippen LogP contribution >= 0.6 is 23.5 Å². The zero-order chi connectivity index (χ0) is 9.97. The highest BCUT2D eigenvalue weighted by molar-refractivity contribution is 8.07. The second-order valence-electron chi connectivity index (χ2n) is 3.17. The molecule has 1 fully saturated rings. The maximum absolute atomic E-state index is 11.9. The second kappa shape index (κ2) is 4.40. The van der Waals surface area contributed by atoms with Gasteiger partial charge in [-0.1, -0.05) is 0 Å². The first-order valence-corrected chi connectivity index (χ1v) is 6.71. The van der Waals surface area contributed by atoms with Crippen LogP contribution in [-0.2, 0) is 7.05 Å². The van der Waals surface area contributed by atoms with Crippen LogP contribution in [0.25, 0.3) is 0 Å². The van der Waals surface area contributed by atoms with Crippen LogP contribution < -0.4 is 0 Å². The van der Waals surface area contributed by atoms with Crippen molar-refractivity contribution in [1.29, 1.82) is 0 Å². The fourth-order valence-corrected chi connectivity index (χ4v) is 3.97. The Morgan fingerprint density at radius 3 is 3.07 bits per heavy atom. The van der Waals surface area contributed by atoms with Gasteiger partial charge in [0.2, 0.25) is 0 Å². The molecule has 1 unspecified atom stereocenters. The predicted octanol–water partition coefficient (Wildman–Crippen LogP) is 1.45. The molecule has 0 N–H and O–H groups in total. The number of ketones is 1. The summed E-state index contributed by atoms with van der Waals surface area (Å²) in [7, 11) is 1.83. The van der Waals surface area contributed by atoms with Gasteiger partial charge in [0.15, 0.2) is 5.78 Å². The molecule has 3 nitrogen and oxygen atoms in total. The number of rotatable bonds is 2. The number of hydrogen-bond donors (Lipinski definition) is 0. The third-order valence-corrected chi connectivity index (χ3v) is 4.83. The predicted molar refractivity (Wildman–Crippen MR) is 61.1 cm³/mol. The van der Waals surface area contributed by atoms with Crippen molar-refractivity contribution in [1.82, 2.24) is 9.78 Å². The smallest absolute Gasteiger partial charge is 0.196 e. The average molecular weight is 228 g/mol. The zero-order valence-corrected chi connectivity index (χ0v) is 9.61. The van der Waals surface area contributed by atoms with Crippen molar-refractivity contribution < 1.29 is 4.79 Å². The molecule has 0 saturated carbocycles. The Hall–Kier alpha value is -0.420. The lowest BCUT2D eigenvalue weighted by molar-refractivity contribution is 0.0989. The fraction of sp³-hybridized carbons (Fsp3) is 0.556. The monoisotopic (exact) mass is 228 g/mol. The van der Waals surface area contributed by atoms with Gasteiger partial charge in [0.25, 0.3) is 0 Å². The van der Waals surface area contributed by atoms with Crippen molar-refractivity contribution in [3.63, 3.8) is 0 Å². The molecule has 76 valence electrons. The van der Waals surface area contributed by atoms with Crippen LogP contribution in [0.1, 0.15) is 10.5 Å². The summed E-state index contributed by atoms with van der Waals surface area (Å²) in [5, 5.41) is 4.24. The maximum atomic E-state index is 11.9. The van der Waals surface area contributed by atoms with Crippen LogP contribution in [0.3, 0.4) is 0 Å². The van der Waals surface area contributed by atoms with E-state index in [0.29, 0.717) is 5.69 Å². The van der Waals surface area contributed by atoms with Crippen LogP contribution in [0.4, 0.5) is 0 Å². The van der Waals surface area contributed by atoms with Gasteiger partial charge in [-0.15, -0.1) is 11.8 Å². The zero-order valence-electron chi connectivity index (χ0n) is 7.97. The highest BCUT2D eigenvalue weighted by Gasteiger charge is 2.24. The molecule has 1 saturated heterocycles. The molecule has 0 aliphatic carbocycles. The summed E-state index contributed by atoms with van der Waals surface area (Å²) in [6.07, 6.45) is 1.81. The molecule has 2 heterocycles. The minimum absolute atomic E-state index is 0.114. The Bertz CT molecular complexity index is 331. The highest BCUT2D eigenvalue weighted by Crippen LogP contribution is 2.26. The van der Waals surface area contributed by atoms with Crippen molar-refractivity contribution in [2.24, 2.45) is 7.05 Å². The number of hydrogen-bond acceptors (Lipinski definition) is 4. The molecule has 0 aromatic carbocycles. The van der Waals surface area contributed by atoms with E-state index in [1.54, 1.807) is 22.5 Å². The first-order valence-electron chi connectivity index (χ1n) is 4.50. The van der Waals surface area contributed by atoms with E-state index >= 15 is 0 Å². The molecule has 1 aliphatic heterocycles. The van der Waals surface area contributed by atoms with E-state index in [9.17, 15) is 4.79 Å². The van der Waals surface area contributed by atoms with Crippen molar-refractivity contribution in [2.45, 2.75) is 5.25 Å². The number of aryl methyl sites for hydroxylation is 1. The molecular weight excluding hydrogens is 216 g/mol.